The van der Waals surface area contributed by atoms with E-state index in [1.807, 2.05) is 0 Å². The second-order valence-corrected chi connectivity index (χ2v) is 7.54. The van der Waals surface area contributed by atoms with Gasteiger partial charge >= 0.3 is 0 Å². The topological polar surface area (TPSA) is 98.5 Å². The molecule has 0 aromatic heterocycles. The molecular formula is C14H18N2O4S. The molecule has 0 bridgehead atoms. The maximum absolute atomic E-state index is 12.4. The largest absolute Gasteiger partial charge is 0.380 e. The molecule has 0 spiro atoms. The molecule has 114 valence electrons. The molecule has 1 saturated heterocycles. The first-order valence-corrected chi connectivity index (χ1v) is 8.63. The van der Waals surface area contributed by atoms with Crippen LogP contribution in [0, 0.1) is 0 Å². The van der Waals surface area contributed by atoms with Gasteiger partial charge in [-0.25, -0.2) is 8.42 Å². The summed E-state index contributed by atoms with van der Waals surface area (Å²) in [5.41, 5.74) is 6.98. The molecule has 2 atom stereocenters. The highest BCUT2D eigenvalue weighted by atomic mass is 32.2. The zero-order chi connectivity index (χ0) is 15.0. The second-order valence-electron chi connectivity index (χ2n) is 5.46. The van der Waals surface area contributed by atoms with Crippen LogP contribution in [0.15, 0.2) is 23.1 Å². The second kappa shape index (κ2) is 5.40. The minimum absolute atomic E-state index is 0.0728. The van der Waals surface area contributed by atoms with Crippen molar-refractivity contribution >= 4 is 15.7 Å². The van der Waals surface area contributed by atoms with E-state index in [1.165, 1.54) is 0 Å². The van der Waals surface area contributed by atoms with Crippen LogP contribution in [0.1, 0.15) is 22.3 Å². The SMILES string of the molecule is N[C@@H]1COCC[C@@H]1NC(=O)c1cccc2c1CCS2(=O)=O. The highest BCUT2D eigenvalue weighted by molar-refractivity contribution is 7.91. The smallest absolute Gasteiger partial charge is 0.251 e. The Bertz CT molecular complexity index is 672. The van der Waals surface area contributed by atoms with E-state index in [0.717, 1.165) is 0 Å². The first-order chi connectivity index (χ1) is 9.99. The predicted molar refractivity (Wildman–Crippen MR) is 76.9 cm³/mol. The van der Waals surface area contributed by atoms with Crippen LogP contribution in [-0.2, 0) is 21.0 Å². The Labute approximate surface area is 123 Å². The molecule has 0 radical (unpaired) electrons. The standard InChI is InChI=1S/C14H18N2O4S/c15-11-8-20-6-4-12(11)16-14(17)10-2-1-3-13-9(10)5-7-21(13,18)19/h1-3,11-12H,4-8,15H2,(H,16,17)/t11-,12+/m1/s1. The summed E-state index contributed by atoms with van der Waals surface area (Å²) in [6.07, 6.45) is 1.06. The number of nitrogens with one attached hydrogen (secondary N) is 1. The van der Waals surface area contributed by atoms with E-state index in [0.29, 0.717) is 37.2 Å². The Morgan fingerprint density at radius 2 is 2.19 bits per heavy atom. The van der Waals surface area contributed by atoms with Gasteiger partial charge in [0.05, 0.1) is 17.3 Å². The number of rotatable bonds is 2. The quantitative estimate of drug-likeness (QED) is 0.792. The van der Waals surface area contributed by atoms with Gasteiger partial charge in [0, 0.05) is 24.3 Å². The molecule has 1 aromatic rings. The molecule has 2 aliphatic heterocycles. The Balaban J connectivity index is 1.85. The molecule has 6 nitrogen and oxygen atoms in total. The van der Waals surface area contributed by atoms with Gasteiger partial charge in [-0.3, -0.25) is 4.79 Å². The van der Waals surface area contributed by atoms with Crippen molar-refractivity contribution in [3.8, 4) is 0 Å². The summed E-state index contributed by atoms with van der Waals surface area (Å²) in [6.45, 7) is 0.992. The van der Waals surface area contributed by atoms with E-state index in [1.54, 1.807) is 18.2 Å². The summed E-state index contributed by atoms with van der Waals surface area (Å²) in [5, 5.41) is 2.90. The fraction of sp³-hybridized carbons (Fsp3) is 0.500. The number of nitrogens with two attached hydrogens (primary N) is 1. The van der Waals surface area contributed by atoms with Crippen LogP contribution in [-0.4, -0.2) is 45.4 Å². The molecule has 1 fully saturated rings. The van der Waals surface area contributed by atoms with Crippen LogP contribution in [0.25, 0.3) is 0 Å². The van der Waals surface area contributed by atoms with E-state index < -0.39 is 9.84 Å². The molecule has 3 rings (SSSR count). The van der Waals surface area contributed by atoms with E-state index in [9.17, 15) is 13.2 Å². The van der Waals surface area contributed by atoms with Crippen LogP contribution < -0.4 is 11.1 Å². The summed E-state index contributed by atoms with van der Waals surface area (Å²) in [4.78, 5) is 12.7. The van der Waals surface area contributed by atoms with Gasteiger partial charge in [0.25, 0.3) is 5.91 Å². The molecule has 1 aromatic carbocycles. The molecule has 0 saturated carbocycles. The fourth-order valence-corrected chi connectivity index (χ4v) is 4.43. The predicted octanol–water partition coefficient (Wildman–Crippen LogP) is -0.138. The summed E-state index contributed by atoms with van der Waals surface area (Å²) < 4.78 is 29.0. The number of hydrogen-bond acceptors (Lipinski definition) is 5. The van der Waals surface area contributed by atoms with Gasteiger partial charge in [-0.1, -0.05) is 6.07 Å². The van der Waals surface area contributed by atoms with Crippen LogP contribution in [0.4, 0.5) is 0 Å². The number of carbonyl (C=O) groups is 1. The maximum atomic E-state index is 12.4. The zero-order valence-electron chi connectivity index (χ0n) is 11.5. The van der Waals surface area contributed by atoms with Crippen molar-refractivity contribution in [2.75, 3.05) is 19.0 Å². The van der Waals surface area contributed by atoms with Gasteiger partial charge < -0.3 is 15.8 Å². The van der Waals surface area contributed by atoms with Gasteiger partial charge in [0.2, 0.25) is 0 Å². The van der Waals surface area contributed by atoms with Crippen molar-refractivity contribution < 1.29 is 17.9 Å². The zero-order valence-corrected chi connectivity index (χ0v) is 12.4. The number of carbonyl (C=O) groups excluding carboxylic acids is 1. The molecule has 21 heavy (non-hydrogen) atoms. The molecule has 7 heteroatoms. The lowest BCUT2D eigenvalue weighted by atomic mass is 10.0. The highest BCUT2D eigenvalue weighted by Crippen LogP contribution is 2.28. The number of fused-ring (bicyclic) bond motifs is 1. The Morgan fingerprint density at radius 3 is 2.95 bits per heavy atom. The lowest BCUT2D eigenvalue weighted by Crippen LogP contribution is -2.53. The van der Waals surface area contributed by atoms with E-state index in [2.05, 4.69) is 5.32 Å². The van der Waals surface area contributed by atoms with Crippen molar-refractivity contribution in [3.05, 3.63) is 29.3 Å². The minimum Gasteiger partial charge on any atom is -0.380 e. The molecule has 3 N–H and O–H groups in total. The summed E-state index contributed by atoms with van der Waals surface area (Å²) in [6, 6.07) is 4.47. The fourth-order valence-electron chi connectivity index (χ4n) is 2.86. The van der Waals surface area contributed by atoms with E-state index in [-0.39, 0.29) is 28.6 Å². The van der Waals surface area contributed by atoms with Crippen LogP contribution >= 0.6 is 0 Å². The molecule has 0 unspecified atom stereocenters. The molecule has 1 amide bonds. The van der Waals surface area contributed by atoms with Crippen molar-refractivity contribution in [3.63, 3.8) is 0 Å². The van der Waals surface area contributed by atoms with Gasteiger partial charge in [0.15, 0.2) is 9.84 Å². The van der Waals surface area contributed by atoms with Crippen LogP contribution in [0.3, 0.4) is 0 Å². The normalized spacial score (nSPS) is 27.1. The summed E-state index contributed by atoms with van der Waals surface area (Å²) in [7, 11) is -3.23. The van der Waals surface area contributed by atoms with Crippen molar-refractivity contribution in [2.24, 2.45) is 5.73 Å². The number of sulfone groups is 1. The van der Waals surface area contributed by atoms with Crippen LogP contribution in [0.5, 0.6) is 0 Å². The van der Waals surface area contributed by atoms with Gasteiger partial charge in [-0.2, -0.15) is 0 Å². The third-order valence-electron chi connectivity index (χ3n) is 4.05. The Morgan fingerprint density at radius 1 is 1.38 bits per heavy atom. The van der Waals surface area contributed by atoms with Crippen molar-refractivity contribution in [1.82, 2.24) is 5.32 Å². The first kappa shape index (κ1) is 14.5. The number of amides is 1. The van der Waals surface area contributed by atoms with E-state index in [4.69, 9.17) is 10.5 Å². The van der Waals surface area contributed by atoms with Gasteiger partial charge in [-0.05, 0) is 30.5 Å². The van der Waals surface area contributed by atoms with Crippen molar-refractivity contribution in [1.29, 1.82) is 0 Å². The molecule has 2 aliphatic rings. The molecule has 0 aliphatic carbocycles. The highest BCUT2D eigenvalue weighted by Gasteiger charge is 2.31. The third kappa shape index (κ3) is 2.68. The maximum Gasteiger partial charge on any atom is 0.251 e. The van der Waals surface area contributed by atoms with Crippen LogP contribution in [0.2, 0.25) is 0 Å². The average molecular weight is 310 g/mol. The van der Waals surface area contributed by atoms with Crippen molar-refractivity contribution in [2.45, 2.75) is 29.8 Å². The number of benzene rings is 1. The number of ether oxygens (including phenoxy) is 1. The average Bonchev–Trinajstić information content (AvgIpc) is 2.77. The monoisotopic (exact) mass is 310 g/mol. The summed E-state index contributed by atoms with van der Waals surface area (Å²) >= 11 is 0. The first-order valence-electron chi connectivity index (χ1n) is 6.98. The Hall–Kier alpha value is -1.44. The lowest BCUT2D eigenvalue weighted by Gasteiger charge is -2.29. The lowest BCUT2D eigenvalue weighted by molar-refractivity contribution is 0.0573. The Kier molecular flexibility index (Phi) is 3.73. The molecule has 2 heterocycles. The third-order valence-corrected chi connectivity index (χ3v) is 5.84. The number of hydrogen-bond donors (Lipinski definition) is 2. The van der Waals surface area contributed by atoms with Gasteiger partial charge in [0.1, 0.15) is 0 Å². The summed E-state index contributed by atoms with van der Waals surface area (Å²) in [5.74, 6) is -0.185. The minimum atomic E-state index is -3.23. The molecular weight excluding hydrogens is 292 g/mol. The van der Waals surface area contributed by atoms with Gasteiger partial charge in [-0.15, -0.1) is 0 Å². The van der Waals surface area contributed by atoms with E-state index >= 15 is 0 Å².